The average Bonchev–Trinajstić information content (AvgIpc) is 2.30. The molecule has 15 heavy (non-hydrogen) atoms. The molecule has 0 spiro atoms. The SMILES string of the molecule is CNC1CCCN(c2ncccn2)C1.Cl. The summed E-state index contributed by atoms with van der Waals surface area (Å²) in [6, 6.07) is 2.43. The van der Waals surface area contributed by atoms with Gasteiger partial charge in [-0.05, 0) is 26.0 Å². The molecule has 1 aromatic rings. The van der Waals surface area contributed by atoms with Crippen molar-refractivity contribution in [3.05, 3.63) is 18.5 Å². The third-order valence-corrected chi connectivity index (χ3v) is 2.66. The maximum absolute atomic E-state index is 4.26. The Morgan fingerprint density at radius 3 is 2.80 bits per heavy atom. The number of nitrogens with zero attached hydrogens (tertiary/aromatic N) is 3. The highest BCUT2D eigenvalue weighted by Gasteiger charge is 2.19. The van der Waals surface area contributed by atoms with E-state index in [1.54, 1.807) is 12.4 Å². The molecule has 84 valence electrons. The minimum Gasteiger partial charge on any atom is -0.339 e. The third kappa shape index (κ3) is 3.04. The topological polar surface area (TPSA) is 41.0 Å². The first-order valence-electron chi connectivity index (χ1n) is 5.09. The second kappa shape index (κ2) is 5.88. The van der Waals surface area contributed by atoms with Crippen molar-refractivity contribution >= 4 is 18.4 Å². The summed E-state index contributed by atoms with van der Waals surface area (Å²) < 4.78 is 0. The molecule has 0 saturated carbocycles. The fourth-order valence-corrected chi connectivity index (χ4v) is 1.85. The lowest BCUT2D eigenvalue weighted by atomic mass is 10.1. The van der Waals surface area contributed by atoms with E-state index in [0.29, 0.717) is 6.04 Å². The summed E-state index contributed by atoms with van der Waals surface area (Å²) in [5.74, 6) is 0.854. The Labute approximate surface area is 96.5 Å². The van der Waals surface area contributed by atoms with Crippen LogP contribution in [0.2, 0.25) is 0 Å². The smallest absolute Gasteiger partial charge is 0.225 e. The average molecular weight is 229 g/mol. The zero-order chi connectivity index (χ0) is 9.80. The molecule has 5 heteroatoms. The van der Waals surface area contributed by atoms with Crippen LogP contribution in [0.25, 0.3) is 0 Å². The molecule has 1 aliphatic heterocycles. The van der Waals surface area contributed by atoms with Gasteiger partial charge in [-0.1, -0.05) is 0 Å². The molecule has 1 aliphatic rings. The molecule has 1 unspecified atom stereocenters. The molecule has 1 fully saturated rings. The molecular weight excluding hydrogens is 212 g/mol. The highest BCUT2D eigenvalue weighted by Crippen LogP contribution is 2.14. The van der Waals surface area contributed by atoms with Crippen molar-refractivity contribution in [3.63, 3.8) is 0 Å². The van der Waals surface area contributed by atoms with Crippen LogP contribution in [0.15, 0.2) is 18.5 Å². The van der Waals surface area contributed by atoms with E-state index in [9.17, 15) is 0 Å². The normalized spacial score (nSPS) is 20.9. The van der Waals surface area contributed by atoms with E-state index in [4.69, 9.17) is 0 Å². The third-order valence-electron chi connectivity index (χ3n) is 2.66. The van der Waals surface area contributed by atoms with Gasteiger partial charge in [-0.15, -0.1) is 12.4 Å². The maximum Gasteiger partial charge on any atom is 0.225 e. The van der Waals surface area contributed by atoms with Crippen molar-refractivity contribution in [1.82, 2.24) is 15.3 Å². The van der Waals surface area contributed by atoms with Crippen molar-refractivity contribution in [2.45, 2.75) is 18.9 Å². The first kappa shape index (κ1) is 12.2. The number of piperidine rings is 1. The van der Waals surface area contributed by atoms with Gasteiger partial charge in [0.2, 0.25) is 5.95 Å². The number of hydrogen-bond donors (Lipinski definition) is 1. The summed E-state index contributed by atoms with van der Waals surface area (Å²) in [6.45, 7) is 2.09. The number of anilines is 1. The van der Waals surface area contributed by atoms with E-state index in [2.05, 4.69) is 20.2 Å². The minimum atomic E-state index is 0. The van der Waals surface area contributed by atoms with Gasteiger partial charge < -0.3 is 10.2 Å². The Balaban J connectivity index is 0.00000112. The summed E-state index contributed by atoms with van der Waals surface area (Å²) >= 11 is 0. The Morgan fingerprint density at radius 1 is 1.40 bits per heavy atom. The molecule has 0 bridgehead atoms. The number of halogens is 1. The van der Waals surface area contributed by atoms with E-state index in [0.717, 1.165) is 19.0 Å². The van der Waals surface area contributed by atoms with Crippen molar-refractivity contribution in [2.75, 3.05) is 25.0 Å². The first-order valence-corrected chi connectivity index (χ1v) is 5.09. The molecule has 2 rings (SSSR count). The summed E-state index contributed by atoms with van der Waals surface area (Å²) in [5, 5.41) is 3.31. The van der Waals surface area contributed by atoms with E-state index in [1.165, 1.54) is 12.8 Å². The second-order valence-electron chi connectivity index (χ2n) is 3.62. The summed E-state index contributed by atoms with van der Waals surface area (Å²) in [4.78, 5) is 10.8. The van der Waals surface area contributed by atoms with Gasteiger partial charge in [0.15, 0.2) is 0 Å². The molecule has 4 nitrogen and oxygen atoms in total. The maximum atomic E-state index is 4.26. The fraction of sp³-hybridized carbons (Fsp3) is 0.600. The molecular formula is C10H17ClN4. The predicted octanol–water partition coefficient (Wildman–Crippen LogP) is 1.09. The molecule has 1 aromatic heterocycles. The Kier molecular flexibility index (Phi) is 4.78. The second-order valence-corrected chi connectivity index (χ2v) is 3.62. The largest absolute Gasteiger partial charge is 0.339 e. The van der Waals surface area contributed by atoms with E-state index >= 15 is 0 Å². The molecule has 1 saturated heterocycles. The lowest BCUT2D eigenvalue weighted by molar-refractivity contribution is 0.445. The van der Waals surface area contributed by atoms with Crippen LogP contribution in [0.4, 0.5) is 5.95 Å². The molecule has 1 atom stereocenters. The van der Waals surface area contributed by atoms with E-state index in [-0.39, 0.29) is 12.4 Å². The van der Waals surface area contributed by atoms with Crippen LogP contribution in [-0.2, 0) is 0 Å². The van der Waals surface area contributed by atoms with Crippen molar-refractivity contribution in [1.29, 1.82) is 0 Å². The van der Waals surface area contributed by atoms with Crippen molar-refractivity contribution < 1.29 is 0 Å². The van der Waals surface area contributed by atoms with E-state index < -0.39 is 0 Å². The van der Waals surface area contributed by atoms with Crippen LogP contribution in [0.1, 0.15) is 12.8 Å². The van der Waals surface area contributed by atoms with Crippen molar-refractivity contribution in [3.8, 4) is 0 Å². The standard InChI is InChI=1S/C10H16N4.ClH/c1-11-9-4-2-7-14(8-9)10-12-5-3-6-13-10;/h3,5-6,9,11H,2,4,7-8H2,1H3;1H. The number of likely N-dealkylation sites (N-methyl/N-ethyl adjacent to an activating group) is 1. The quantitative estimate of drug-likeness (QED) is 0.823. The van der Waals surface area contributed by atoms with Crippen LogP contribution in [0.3, 0.4) is 0 Å². The lowest BCUT2D eigenvalue weighted by Crippen LogP contribution is -2.45. The number of hydrogen-bond acceptors (Lipinski definition) is 4. The summed E-state index contributed by atoms with van der Waals surface area (Å²) in [5.41, 5.74) is 0. The number of aromatic nitrogens is 2. The highest BCUT2D eigenvalue weighted by molar-refractivity contribution is 5.85. The number of nitrogens with one attached hydrogen (secondary N) is 1. The monoisotopic (exact) mass is 228 g/mol. The van der Waals surface area contributed by atoms with Gasteiger partial charge in [-0.25, -0.2) is 9.97 Å². The predicted molar refractivity (Wildman–Crippen MR) is 63.6 cm³/mol. The van der Waals surface area contributed by atoms with Crippen molar-refractivity contribution in [2.24, 2.45) is 0 Å². The van der Waals surface area contributed by atoms with Gasteiger partial charge in [0.25, 0.3) is 0 Å². The molecule has 0 aliphatic carbocycles. The molecule has 0 radical (unpaired) electrons. The van der Waals surface area contributed by atoms with Gasteiger partial charge in [0.1, 0.15) is 0 Å². The molecule has 0 aromatic carbocycles. The van der Waals surface area contributed by atoms with Crippen LogP contribution >= 0.6 is 12.4 Å². The minimum absolute atomic E-state index is 0. The van der Waals surface area contributed by atoms with Gasteiger partial charge >= 0.3 is 0 Å². The Bertz CT molecular complexity index is 280. The molecule has 0 amide bonds. The molecule has 2 heterocycles. The Hall–Kier alpha value is -0.870. The zero-order valence-electron chi connectivity index (χ0n) is 8.89. The Morgan fingerprint density at radius 2 is 2.13 bits per heavy atom. The first-order chi connectivity index (χ1) is 6.90. The van der Waals surface area contributed by atoms with Crippen LogP contribution in [0, 0.1) is 0 Å². The van der Waals surface area contributed by atoms with Gasteiger partial charge in [-0.3, -0.25) is 0 Å². The zero-order valence-corrected chi connectivity index (χ0v) is 9.70. The number of rotatable bonds is 2. The van der Waals surface area contributed by atoms with Crippen LogP contribution in [0.5, 0.6) is 0 Å². The summed E-state index contributed by atoms with van der Waals surface area (Å²) in [6.07, 6.45) is 6.06. The summed E-state index contributed by atoms with van der Waals surface area (Å²) in [7, 11) is 2.01. The van der Waals surface area contributed by atoms with Crippen LogP contribution in [-0.4, -0.2) is 36.1 Å². The fourth-order valence-electron chi connectivity index (χ4n) is 1.85. The highest BCUT2D eigenvalue weighted by atomic mass is 35.5. The van der Waals surface area contributed by atoms with Gasteiger partial charge in [-0.2, -0.15) is 0 Å². The van der Waals surface area contributed by atoms with Crippen LogP contribution < -0.4 is 10.2 Å². The van der Waals surface area contributed by atoms with Gasteiger partial charge in [0, 0.05) is 31.5 Å². The van der Waals surface area contributed by atoms with Gasteiger partial charge in [0.05, 0.1) is 0 Å². The molecule has 1 N–H and O–H groups in total. The lowest BCUT2D eigenvalue weighted by Gasteiger charge is -2.32. The van der Waals surface area contributed by atoms with E-state index in [1.807, 2.05) is 13.1 Å².